The number of carbonyl (C=O) groups is 2. The summed E-state index contributed by atoms with van der Waals surface area (Å²) >= 11 is 0. The number of carbonyl (C=O) groups excluding carboxylic acids is 2. The Balaban J connectivity index is 1.69. The molecular weight excluding hydrogens is 456 g/mol. The van der Waals surface area contributed by atoms with Crippen LogP contribution in [0.25, 0.3) is 0 Å². The van der Waals surface area contributed by atoms with E-state index in [1.807, 2.05) is 13.8 Å². The summed E-state index contributed by atoms with van der Waals surface area (Å²) in [5, 5.41) is 0.796. The molecule has 1 aliphatic rings. The van der Waals surface area contributed by atoms with E-state index in [0.717, 1.165) is 16.2 Å². The monoisotopic (exact) mass is 480 g/mol. The summed E-state index contributed by atoms with van der Waals surface area (Å²) in [5.74, 6) is -1.12. The molecule has 1 heterocycles. The number of sulfonamides is 2. The Morgan fingerprint density at radius 2 is 1.31 bits per heavy atom. The van der Waals surface area contributed by atoms with Crippen molar-refractivity contribution >= 4 is 31.7 Å². The molecule has 1 unspecified atom stereocenters. The molecule has 1 atom stereocenters. The van der Waals surface area contributed by atoms with Gasteiger partial charge in [-0.3, -0.25) is 15.0 Å². The molecular formula is C20H24N4O6S2. The summed E-state index contributed by atoms with van der Waals surface area (Å²) in [6.45, 7) is 3.16. The molecule has 12 heteroatoms. The van der Waals surface area contributed by atoms with Crippen LogP contribution in [0.15, 0.2) is 58.3 Å². The van der Waals surface area contributed by atoms with Crippen molar-refractivity contribution < 1.29 is 26.4 Å². The molecule has 0 saturated carbocycles. The van der Waals surface area contributed by atoms with E-state index in [1.165, 1.54) is 24.3 Å². The highest BCUT2D eigenvalue weighted by Crippen LogP contribution is 2.14. The zero-order valence-corrected chi connectivity index (χ0v) is 19.2. The third-order valence-corrected chi connectivity index (χ3v) is 7.60. The zero-order valence-electron chi connectivity index (χ0n) is 17.5. The number of nitrogens with zero attached hydrogens (tertiary/aromatic N) is 1. The van der Waals surface area contributed by atoms with E-state index in [4.69, 9.17) is 0 Å². The first kappa shape index (κ1) is 24.0. The minimum atomic E-state index is -4.04. The predicted octanol–water partition coefficient (Wildman–Crippen LogP) is 0.540. The average Bonchev–Trinajstić information content (AvgIpc) is 2.66. The maximum Gasteiger partial charge on any atom is 0.254 e. The van der Waals surface area contributed by atoms with Crippen LogP contribution >= 0.6 is 0 Å². The second kappa shape index (κ2) is 9.46. The van der Waals surface area contributed by atoms with Crippen LogP contribution in [0.4, 0.5) is 0 Å². The van der Waals surface area contributed by atoms with Gasteiger partial charge in [-0.05, 0) is 38.1 Å². The number of Topliss-reactive ketones (excluding diaryl/α,β-unsaturated/α-hetero) is 1. The van der Waals surface area contributed by atoms with Crippen LogP contribution in [0, 0.1) is 13.8 Å². The Kier molecular flexibility index (Phi) is 7.10. The molecule has 0 spiro atoms. The van der Waals surface area contributed by atoms with Crippen LogP contribution in [0.5, 0.6) is 0 Å². The van der Waals surface area contributed by atoms with Crippen molar-refractivity contribution in [2.45, 2.75) is 42.5 Å². The lowest BCUT2D eigenvalue weighted by molar-refractivity contribution is -0.132. The average molecular weight is 481 g/mol. The number of hydrogen-bond acceptors (Lipinski definition) is 7. The van der Waals surface area contributed by atoms with Gasteiger partial charge in [0.15, 0.2) is 5.78 Å². The van der Waals surface area contributed by atoms with Gasteiger partial charge in [0, 0.05) is 18.9 Å². The lowest BCUT2D eigenvalue weighted by Gasteiger charge is -2.27. The first-order chi connectivity index (χ1) is 14.9. The Bertz CT molecular complexity index is 1100. The Hall–Kier alpha value is -2.64. The van der Waals surface area contributed by atoms with Crippen LogP contribution < -0.4 is 15.0 Å². The van der Waals surface area contributed by atoms with Gasteiger partial charge in [-0.2, -0.15) is 0 Å². The first-order valence-corrected chi connectivity index (χ1v) is 12.7. The van der Waals surface area contributed by atoms with Crippen LogP contribution in [0.2, 0.25) is 0 Å². The SMILES string of the molecule is Cc1ccc(S(=O)(=O)NC2CC(=O)CN(NS(=O)(=O)c3ccc(C)cc3)NC(=O)C2)cc1. The molecule has 1 amide bonds. The van der Waals surface area contributed by atoms with E-state index < -0.39 is 44.3 Å². The van der Waals surface area contributed by atoms with E-state index in [1.54, 1.807) is 24.3 Å². The van der Waals surface area contributed by atoms with Crippen molar-refractivity contribution in [3.8, 4) is 0 Å². The molecule has 3 rings (SSSR count). The number of hydrogen-bond donors (Lipinski definition) is 3. The second-order valence-electron chi connectivity index (χ2n) is 7.61. The fourth-order valence-corrected chi connectivity index (χ4v) is 5.34. The summed E-state index contributed by atoms with van der Waals surface area (Å²) in [6, 6.07) is 11.2. The van der Waals surface area contributed by atoms with Crippen molar-refractivity contribution in [1.29, 1.82) is 0 Å². The second-order valence-corrected chi connectivity index (χ2v) is 11.0. The third kappa shape index (κ3) is 6.20. The van der Waals surface area contributed by atoms with Crippen molar-refractivity contribution in [3.05, 3.63) is 59.7 Å². The largest absolute Gasteiger partial charge is 0.298 e. The van der Waals surface area contributed by atoms with Crippen molar-refractivity contribution in [3.63, 3.8) is 0 Å². The van der Waals surface area contributed by atoms with Gasteiger partial charge in [-0.25, -0.2) is 21.6 Å². The van der Waals surface area contributed by atoms with Crippen molar-refractivity contribution in [1.82, 2.24) is 20.1 Å². The number of benzene rings is 2. The highest BCUT2D eigenvalue weighted by Gasteiger charge is 2.30. The van der Waals surface area contributed by atoms with Crippen LogP contribution in [0.3, 0.4) is 0 Å². The molecule has 32 heavy (non-hydrogen) atoms. The quantitative estimate of drug-likeness (QED) is 0.548. The molecule has 3 N–H and O–H groups in total. The standard InChI is InChI=1S/C20H24N4O6S2/c1-14-3-7-18(8-4-14)31(27,28)22-16-11-17(25)13-24(21-20(26)12-16)23-32(29,30)19-9-5-15(2)6-10-19/h3-10,16,22-23H,11-13H2,1-2H3,(H,21,26). The Morgan fingerprint density at radius 3 is 1.84 bits per heavy atom. The number of ketones is 1. The third-order valence-electron chi connectivity index (χ3n) is 4.71. The molecule has 172 valence electrons. The fourth-order valence-electron chi connectivity index (χ4n) is 3.11. The molecule has 1 saturated heterocycles. The minimum Gasteiger partial charge on any atom is -0.298 e. The van der Waals surface area contributed by atoms with Crippen LogP contribution in [-0.4, -0.2) is 46.2 Å². The maximum absolute atomic E-state index is 12.6. The van der Waals surface area contributed by atoms with Gasteiger partial charge in [0.2, 0.25) is 15.9 Å². The minimum absolute atomic E-state index is 0.0190. The summed E-state index contributed by atoms with van der Waals surface area (Å²) in [6.07, 6.45) is -0.624. The smallest absolute Gasteiger partial charge is 0.254 e. The lowest BCUT2D eigenvalue weighted by atomic mass is 10.1. The van der Waals surface area contributed by atoms with Gasteiger partial charge in [0.25, 0.3) is 10.0 Å². The van der Waals surface area contributed by atoms with Gasteiger partial charge in [0.1, 0.15) is 0 Å². The number of nitrogens with one attached hydrogen (secondary N) is 3. The predicted molar refractivity (Wildman–Crippen MR) is 116 cm³/mol. The van der Waals surface area contributed by atoms with Crippen molar-refractivity contribution in [2.75, 3.05) is 6.54 Å². The number of rotatable bonds is 6. The molecule has 0 radical (unpaired) electrons. The highest BCUT2D eigenvalue weighted by molar-refractivity contribution is 7.89. The molecule has 2 aromatic rings. The van der Waals surface area contributed by atoms with Gasteiger partial charge >= 0.3 is 0 Å². The summed E-state index contributed by atoms with van der Waals surface area (Å²) in [7, 11) is -7.98. The number of hydrazine groups is 2. The number of amides is 1. The van der Waals surface area contributed by atoms with E-state index in [2.05, 4.69) is 15.0 Å². The normalized spacial score (nSPS) is 18.6. The first-order valence-electron chi connectivity index (χ1n) is 9.71. The number of aryl methyl sites for hydroxylation is 2. The fraction of sp³-hybridized carbons (Fsp3) is 0.300. The Morgan fingerprint density at radius 1 is 0.812 bits per heavy atom. The molecule has 1 fully saturated rings. The summed E-state index contributed by atoms with van der Waals surface area (Å²) < 4.78 is 52.7. The van der Waals surface area contributed by atoms with Crippen LogP contribution in [-0.2, 0) is 29.6 Å². The van der Waals surface area contributed by atoms with Gasteiger partial charge < -0.3 is 0 Å². The van der Waals surface area contributed by atoms with Gasteiger partial charge in [-0.1, -0.05) is 35.4 Å². The van der Waals surface area contributed by atoms with Gasteiger partial charge in [0.05, 0.1) is 16.3 Å². The van der Waals surface area contributed by atoms with E-state index in [0.29, 0.717) is 0 Å². The maximum atomic E-state index is 12.6. The van der Waals surface area contributed by atoms with Gasteiger partial charge in [-0.15, -0.1) is 9.95 Å². The molecule has 2 aromatic carbocycles. The van der Waals surface area contributed by atoms with Crippen LogP contribution in [0.1, 0.15) is 24.0 Å². The molecule has 0 bridgehead atoms. The van der Waals surface area contributed by atoms with Crippen molar-refractivity contribution in [2.24, 2.45) is 0 Å². The van der Waals surface area contributed by atoms with E-state index in [-0.39, 0.29) is 22.6 Å². The molecule has 0 aromatic heterocycles. The summed E-state index contributed by atoms with van der Waals surface area (Å²) in [5.41, 5.74) is 4.06. The van der Waals surface area contributed by atoms with E-state index >= 15 is 0 Å². The topological polar surface area (TPSA) is 142 Å². The zero-order chi connectivity index (χ0) is 23.5. The molecule has 10 nitrogen and oxygen atoms in total. The summed E-state index contributed by atoms with van der Waals surface area (Å²) in [4.78, 5) is 27.0. The highest BCUT2D eigenvalue weighted by atomic mass is 32.2. The lowest BCUT2D eigenvalue weighted by Crippen LogP contribution is -2.57. The molecule has 0 aliphatic carbocycles. The van der Waals surface area contributed by atoms with E-state index in [9.17, 15) is 26.4 Å². The molecule has 1 aliphatic heterocycles. The Labute approximate surface area is 187 Å².